The Labute approximate surface area is 115 Å². The maximum Gasteiger partial charge on any atom is 0.311 e. The van der Waals surface area contributed by atoms with Crippen LogP contribution in [-0.2, 0) is 19.0 Å². The van der Waals surface area contributed by atoms with Crippen molar-refractivity contribution in [2.45, 2.75) is 49.1 Å². The summed E-state index contributed by atoms with van der Waals surface area (Å²) in [6, 6.07) is 0. The highest BCUT2D eigenvalue weighted by molar-refractivity contribution is 14.1. The first-order valence-electron chi connectivity index (χ1n) is 5.71. The molecule has 0 amide bonds. The van der Waals surface area contributed by atoms with Gasteiger partial charge in [-0.1, -0.05) is 22.6 Å². The van der Waals surface area contributed by atoms with Gasteiger partial charge in [-0.15, -0.1) is 0 Å². The minimum Gasteiger partial charge on any atom is -0.465 e. The van der Waals surface area contributed by atoms with Crippen molar-refractivity contribution in [3.8, 4) is 0 Å². The maximum atomic E-state index is 11.5. The van der Waals surface area contributed by atoms with Gasteiger partial charge in [0.1, 0.15) is 4.11 Å². The van der Waals surface area contributed by atoms with E-state index < -0.39 is 9.90 Å². The topological polar surface area (TPSA) is 65.0 Å². The molecular weight excluding hydrogens is 339 g/mol. The molecule has 0 aliphatic carbocycles. The fraction of sp³-hybridized carbons (Fsp3) is 0.909. The summed E-state index contributed by atoms with van der Waals surface area (Å²) < 4.78 is 15.6. The molecule has 3 unspecified atom stereocenters. The van der Waals surface area contributed by atoms with Crippen molar-refractivity contribution in [3.05, 3.63) is 0 Å². The number of aliphatic hydroxyl groups is 1. The molecule has 1 aliphatic heterocycles. The summed E-state index contributed by atoms with van der Waals surface area (Å²) in [5, 5.41) is 9.02. The van der Waals surface area contributed by atoms with Gasteiger partial charge in [-0.3, -0.25) is 4.79 Å². The summed E-state index contributed by atoms with van der Waals surface area (Å²) in [5.74, 6) is -1.24. The van der Waals surface area contributed by atoms with Crippen molar-refractivity contribution in [1.82, 2.24) is 0 Å². The van der Waals surface area contributed by atoms with E-state index in [9.17, 15) is 4.79 Å². The molecule has 1 saturated heterocycles. The van der Waals surface area contributed by atoms with E-state index in [1.807, 2.05) is 29.5 Å². The molecule has 0 aromatic rings. The molecule has 3 atom stereocenters. The number of hydrogen-bond acceptors (Lipinski definition) is 5. The van der Waals surface area contributed by atoms with Gasteiger partial charge in [-0.05, 0) is 20.3 Å². The molecule has 0 radical (unpaired) electrons. The van der Waals surface area contributed by atoms with Crippen molar-refractivity contribution >= 4 is 28.6 Å². The first-order valence-corrected chi connectivity index (χ1v) is 6.95. The number of esters is 1. The van der Waals surface area contributed by atoms with Crippen molar-refractivity contribution in [2.75, 3.05) is 13.2 Å². The van der Waals surface area contributed by atoms with Crippen LogP contribution >= 0.6 is 22.6 Å². The van der Waals surface area contributed by atoms with E-state index in [0.717, 1.165) is 6.42 Å². The Morgan fingerprint density at radius 2 is 2.41 bits per heavy atom. The third kappa shape index (κ3) is 5.98. The molecule has 100 valence electrons. The molecular formula is C11H19IO5. The predicted molar refractivity (Wildman–Crippen MR) is 69.7 cm³/mol. The van der Waals surface area contributed by atoms with Crippen molar-refractivity contribution in [1.29, 1.82) is 0 Å². The molecule has 0 aromatic carbocycles. The average Bonchev–Trinajstić information content (AvgIpc) is 2.15. The van der Waals surface area contributed by atoms with Gasteiger partial charge >= 0.3 is 5.97 Å². The smallest absolute Gasteiger partial charge is 0.311 e. The largest absolute Gasteiger partial charge is 0.465 e. The van der Waals surface area contributed by atoms with Crippen molar-refractivity contribution in [3.63, 3.8) is 0 Å². The van der Waals surface area contributed by atoms with Crippen LogP contribution in [0.5, 0.6) is 0 Å². The van der Waals surface area contributed by atoms with Gasteiger partial charge in [0.15, 0.2) is 5.79 Å². The number of aliphatic hydroxyl groups excluding tert-OH is 1. The monoisotopic (exact) mass is 358 g/mol. The van der Waals surface area contributed by atoms with Crippen LogP contribution in [0, 0.1) is 0 Å². The lowest BCUT2D eigenvalue weighted by atomic mass is 10.1. The van der Waals surface area contributed by atoms with Crippen LogP contribution in [-0.4, -0.2) is 40.3 Å². The van der Waals surface area contributed by atoms with Crippen LogP contribution in [0.2, 0.25) is 0 Å². The second kappa shape index (κ2) is 6.86. The van der Waals surface area contributed by atoms with Crippen LogP contribution in [0.15, 0.2) is 0 Å². The fourth-order valence-corrected chi connectivity index (χ4v) is 1.89. The number of carbonyl (C=O) groups is 1. The molecule has 1 rings (SSSR count). The van der Waals surface area contributed by atoms with E-state index in [0.29, 0.717) is 13.0 Å². The van der Waals surface area contributed by atoms with Gasteiger partial charge in [0.2, 0.25) is 0 Å². The molecule has 5 nitrogen and oxygen atoms in total. The van der Waals surface area contributed by atoms with E-state index in [-0.39, 0.29) is 25.1 Å². The minimum absolute atomic E-state index is 0.0781. The van der Waals surface area contributed by atoms with E-state index in [1.54, 1.807) is 6.92 Å². The zero-order chi connectivity index (χ0) is 12.9. The number of carbonyl (C=O) groups excluding carboxylic acids is 1. The highest BCUT2D eigenvalue weighted by Crippen LogP contribution is 2.26. The quantitative estimate of drug-likeness (QED) is 0.460. The number of hydrogen-bond donors (Lipinski definition) is 1. The van der Waals surface area contributed by atoms with Gasteiger partial charge in [-0.25, -0.2) is 0 Å². The van der Waals surface area contributed by atoms with Crippen molar-refractivity contribution in [2.24, 2.45) is 0 Å². The number of alkyl halides is 1. The number of halogens is 1. The Kier molecular flexibility index (Phi) is 6.11. The summed E-state index contributed by atoms with van der Waals surface area (Å²) in [5.41, 5.74) is 0. The molecule has 1 N–H and O–H groups in total. The average molecular weight is 358 g/mol. The molecule has 1 aliphatic rings. The van der Waals surface area contributed by atoms with E-state index in [4.69, 9.17) is 19.3 Å². The fourth-order valence-electron chi connectivity index (χ4n) is 1.64. The SMILES string of the molecule is CC1CCOC(C)(CC(=O)OCCC(O)I)O1. The van der Waals surface area contributed by atoms with Crippen LogP contribution in [0.1, 0.15) is 33.1 Å². The lowest BCUT2D eigenvalue weighted by Gasteiger charge is -2.36. The minimum atomic E-state index is -0.877. The lowest BCUT2D eigenvalue weighted by molar-refractivity contribution is -0.281. The molecule has 0 saturated carbocycles. The van der Waals surface area contributed by atoms with Gasteiger partial charge < -0.3 is 19.3 Å². The summed E-state index contributed by atoms with van der Waals surface area (Å²) >= 11 is 1.86. The second-order valence-corrected chi connectivity index (χ2v) is 5.76. The Bertz CT molecular complexity index is 258. The van der Waals surface area contributed by atoms with Crippen LogP contribution < -0.4 is 0 Å². The lowest BCUT2D eigenvalue weighted by Crippen LogP contribution is -2.43. The normalized spacial score (nSPS) is 30.9. The molecule has 1 fully saturated rings. The summed E-state index contributed by atoms with van der Waals surface area (Å²) in [6.07, 6.45) is 1.44. The highest BCUT2D eigenvalue weighted by Gasteiger charge is 2.35. The standard InChI is InChI=1S/C11H19IO5/c1-8-3-6-16-11(2,17-8)7-10(14)15-5-4-9(12)13/h8-9,13H,3-7H2,1-2H3. The van der Waals surface area contributed by atoms with Gasteiger partial charge in [-0.2, -0.15) is 0 Å². The predicted octanol–water partition coefficient (Wildman–Crippen LogP) is 1.60. The van der Waals surface area contributed by atoms with E-state index >= 15 is 0 Å². The summed E-state index contributed by atoms with van der Waals surface area (Å²) in [6.45, 7) is 4.52. The number of rotatable bonds is 5. The molecule has 0 spiro atoms. The highest BCUT2D eigenvalue weighted by atomic mass is 127. The number of ether oxygens (including phenoxy) is 3. The van der Waals surface area contributed by atoms with Crippen LogP contribution in [0.3, 0.4) is 0 Å². The van der Waals surface area contributed by atoms with Gasteiger partial charge in [0.05, 0.1) is 25.7 Å². The molecule has 17 heavy (non-hydrogen) atoms. The van der Waals surface area contributed by atoms with Crippen LogP contribution in [0.4, 0.5) is 0 Å². The first kappa shape index (κ1) is 15.1. The summed E-state index contributed by atoms with van der Waals surface area (Å²) in [7, 11) is 0. The Morgan fingerprint density at radius 1 is 1.71 bits per heavy atom. The van der Waals surface area contributed by atoms with Gasteiger partial charge in [0.25, 0.3) is 0 Å². The van der Waals surface area contributed by atoms with E-state index in [2.05, 4.69) is 0 Å². The van der Waals surface area contributed by atoms with Crippen LogP contribution in [0.25, 0.3) is 0 Å². The molecule has 1 heterocycles. The zero-order valence-corrected chi connectivity index (χ0v) is 12.3. The Morgan fingerprint density at radius 3 is 3.00 bits per heavy atom. The molecule has 0 bridgehead atoms. The first-order chi connectivity index (χ1) is 7.91. The third-order valence-electron chi connectivity index (χ3n) is 2.47. The molecule has 0 aromatic heterocycles. The van der Waals surface area contributed by atoms with Crippen molar-refractivity contribution < 1.29 is 24.1 Å². The maximum absolute atomic E-state index is 11.5. The van der Waals surface area contributed by atoms with Gasteiger partial charge in [0, 0.05) is 6.42 Å². The summed E-state index contributed by atoms with van der Waals surface area (Å²) in [4.78, 5) is 11.5. The van der Waals surface area contributed by atoms with E-state index in [1.165, 1.54) is 0 Å². The third-order valence-corrected chi connectivity index (χ3v) is 3.09. The second-order valence-electron chi connectivity index (χ2n) is 4.32. The zero-order valence-electron chi connectivity index (χ0n) is 10.1. The Balaban J connectivity index is 2.29. The molecule has 6 heteroatoms. The Hall–Kier alpha value is 0.0800.